The Morgan fingerprint density at radius 3 is 2.44 bits per heavy atom. The normalized spacial score (nSPS) is 10.8. The lowest BCUT2D eigenvalue weighted by Crippen LogP contribution is -2.22. The molecule has 3 aromatic carbocycles. The van der Waals surface area contributed by atoms with Crippen molar-refractivity contribution < 1.29 is 13.9 Å². The van der Waals surface area contributed by atoms with Gasteiger partial charge in [-0.2, -0.15) is 0 Å². The molecule has 0 aliphatic carbocycles. The number of benzene rings is 3. The van der Waals surface area contributed by atoms with E-state index in [1.807, 2.05) is 37.3 Å². The van der Waals surface area contributed by atoms with Crippen molar-refractivity contribution >= 4 is 34.2 Å². The summed E-state index contributed by atoms with van der Waals surface area (Å²) in [6.07, 6.45) is 0.919. The molecule has 32 heavy (non-hydrogen) atoms. The zero-order valence-electron chi connectivity index (χ0n) is 17.8. The zero-order chi connectivity index (χ0) is 22.7. The lowest BCUT2D eigenvalue weighted by molar-refractivity contribution is -0.118. The van der Waals surface area contributed by atoms with E-state index >= 15 is 0 Å². The minimum atomic E-state index is -0.375. The number of anilines is 1. The highest BCUT2D eigenvalue weighted by Crippen LogP contribution is 2.32. The summed E-state index contributed by atoms with van der Waals surface area (Å²) in [6, 6.07) is 19.8. The molecule has 0 radical (unpaired) electrons. The fourth-order valence-electron chi connectivity index (χ4n) is 3.36. The minimum Gasteiger partial charge on any atom is -0.476 e. The van der Waals surface area contributed by atoms with Crippen molar-refractivity contribution in [2.75, 3.05) is 11.9 Å². The van der Waals surface area contributed by atoms with Crippen LogP contribution in [-0.2, 0) is 11.2 Å². The molecule has 0 aliphatic rings. The first-order chi connectivity index (χ1) is 15.4. The van der Waals surface area contributed by atoms with Gasteiger partial charge < -0.3 is 14.5 Å². The quantitative estimate of drug-likeness (QED) is 0.393. The van der Waals surface area contributed by atoms with Crippen LogP contribution in [-0.4, -0.2) is 12.5 Å². The monoisotopic (exact) mass is 447 g/mol. The zero-order valence-corrected chi connectivity index (χ0v) is 18.5. The van der Waals surface area contributed by atoms with Crippen molar-refractivity contribution in [2.45, 2.75) is 20.3 Å². The number of aryl methyl sites for hydroxylation is 2. The number of ether oxygens (including phenoxy) is 1. The summed E-state index contributed by atoms with van der Waals surface area (Å²) >= 11 is 6.01. The number of carbonyl (C=O) groups is 1. The molecule has 162 valence electrons. The van der Waals surface area contributed by atoms with Gasteiger partial charge in [-0.25, -0.2) is 0 Å². The van der Waals surface area contributed by atoms with Crippen LogP contribution in [0.5, 0.6) is 5.75 Å². The molecule has 1 amide bonds. The molecule has 0 saturated carbocycles. The Balaban J connectivity index is 1.65. The smallest absolute Gasteiger partial charge is 0.262 e. The van der Waals surface area contributed by atoms with E-state index in [9.17, 15) is 9.59 Å². The average molecular weight is 448 g/mol. The van der Waals surface area contributed by atoms with Crippen LogP contribution >= 0.6 is 11.6 Å². The van der Waals surface area contributed by atoms with Gasteiger partial charge in [0.15, 0.2) is 12.4 Å². The second-order valence-electron chi connectivity index (χ2n) is 7.48. The number of nitrogens with one attached hydrogen (secondary N) is 1. The molecule has 4 rings (SSSR count). The molecule has 1 aromatic heterocycles. The van der Waals surface area contributed by atoms with E-state index in [1.54, 1.807) is 36.4 Å². The van der Waals surface area contributed by atoms with E-state index in [0.717, 1.165) is 12.0 Å². The van der Waals surface area contributed by atoms with Crippen LogP contribution in [0.4, 0.5) is 5.69 Å². The molecular formula is C26H22ClNO4. The van der Waals surface area contributed by atoms with Crippen LogP contribution in [0.3, 0.4) is 0 Å². The van der Waals surface area contributed by atoms with Crippen molar-refractivity contribution in [2.24, 2.45) is 0 Å². The first-order valence-electron chi connectivity index (χ1n) is 10.3. The van der Waals surface area contributed by atoms with Gasteiger partial charge in [0, 0.05) is 16.3 Å². The topological polar surface area (TPSA) is 68.5 Å². The lowest BCUT2D eigenvalue weighted by atomic mass is 10.1. The third-order valence-electron chi connectivity index (χ3n) is 5.11. The van der Waals surface area contributed by atoms with Crippen LogP contribution < -0.4 is 15.5 Å². The predicted octanol–water partition coefficient (Wildman–Crippen LogP) is 6.00. The minimum absolute atomic E-state index is 0.0137. The molecular weight excluding hydrogens is 426 g/mol. The molecule has 6 heteroatoms. The first kappa shape index (κ1) is 21.7. The van der Waals surface area contributed by atoms with Gasteiger partial charge in [-0.3, -0.25) is 9.59 Å². The number of hydrogen-bond donors (Lipinski definition) is 1. The number of carbonyl (C=O) groups excluding carboxylic acids is 1. The maximum Gasteiger partial charge on any atom is 0.262 e. The number of fused-ring (bicyclic) bond motifs is 1. The SMILES string of the molecule is CCc1ccc(NC(=O)COc2c(-c3ccc(Cl)cc3)oc3cc(C)ccc3c2=O)cc1. The maximum absolute atomic E-state index is 13.2. The second-order valence-corrected chi connectivity index (χ2v) is 7.92. The average Bonchev–Trinajstić information content (AvgIpc) is 2.79. The van der Waals surface area contributed by atoms with Gasteiger partial charge in [0.25, 0.3) is 5.91 Å². The molecule has 0 bridgehead atoms. The highest BCUT2D eigenvalue weighted by Gasteiger charge is 2.19. The summed E-state index contributed by atoms with van der Waals surface area (Å²) in [5, 5.41) is 3.73. The largest absolute Gasteiger partial charge is 0.476 e. The Morgan fingerprint density at radius 2 is 1.75 bits per heavy atom. The Labute approximate surface area is 190 Å². The number of rotatable bonds is 6. The van der Waals surface area contributed by atoms with Crippen molar-refractivity contribution in [1.29, 1.82) is 0 Å². The summed E-state index contributed by atoms with van der Waals surface area (Å²) in [5.74, 6) is -0.135. The van der Waals surface area contributed by atoms with Crippen molar-refractivity contribution in [3.63, 3.8) is 0 Å². The van der Waals surface area contributed by atoms with E-state index in [2.05, 4.69) is 12.2 Å². The summed E-state index contributed by atoms with van der Waals surface area (Å²) in [4.78, 5) is 25.7. The third-order valence-corrected chi connectivity index (χ3v) is 5.36. The Morgan fingerprint density at radius 1 is 1.03 bits per heavy atom. The molecule has 0 aliphatic heterocycles. The fourth-order valence-corrected chi connectivity index (χ4v) is 3.49. The Kier molecular flexibility index (Phi) is 6.28. The molecule has 1 heterocycles. The highest BCUT2D eigenvalue weighted by atomic mass is 35.5. The van der Waals surface area contributed by atoms with Crippen LogP contribution in [0.15, 0.2) is 75.9 Å². The van der Waals surface area contributed by atoms with E-state index in [0.29, 0.717) is 27.2 Å². The maximum atomic E-state index is 13.2. The molecule has 0 unspecified atom stereocenters. The summed E-state index contributed by atoms with van der Waals surface area (Å²) < 4.78 is 11.8. The van der Waals surface area contributed by atoms with Crippen molar-refractivity contribution in [3.8, 4) is 17.1 Å². The molecule has 5 nitrogen and oxygen atoms in total. The Hall–Kier alpha value is -3.57. The first-order valence-corrected chi connectivity index (χ1v) is 10.7. The van der Waals surface area contributed by atoms with Crippen molar-refractivity contribution in [3.05, 3.63) is 93.1 Å². The van der Waals surface area contributed by atoms with E-state index < -0.39 is 0 Å². The number of halogens is 1. The van der Waals surface area contributed by atoms with E-state index in [4.69, 9.17) is 20.8 Å². The third kappa shape index (κ3) is 4.68. The predicted molar refractivity (Wildman–Crippen MR) is 128 cm³/mol. The number of amides is 1. The van der Waals surface area contributed by atoms with Crippen LogP contribution in [0.1, 0.15) is 18.1 Å². The van der Waals surface area contributed by atoms with E-state index in [1.165, 1.54) is 5.56 Å². The van der Waals surface area contributed by atoms with Crippen LogP contribution in [0.2, 0.25) is 5.02 Å². The van der Waals surface area contributed by atoms with Crippen LogP contribution in [0, 0.1) is 6.92 Å². The lowest BCUT2D eigenvalue weighted by Gasteiger charge is -2.12. The molecule has 4 aromatic rings. The molecule has 1 N–H and O–H groups in total. The van der Waals surface area contributed by atoms with Gasteiger partial charge in [-0.05, 0) is 73.0 Å². The second kappa shape index (κ2) is 9.28. The van der Waals surface area contributed by atoms with Crippen LogP contribution in [0.25, 0.3) is 22.3 Å². The molecule has 0 fully saturated rings. The van der Waals surface area contributed by atoms with Gasteiger partial charge in [0.1, 0.15) is 5.58 Å². The molecule has 0 spiro atoms. The van der Waals surface area contributed by atoms with Gasteiger partial charge in [-0.1, -0.05) is 36.7 Å². The molecule has 0 saturated heterocycles. The summed E-state index contributed by atoms with van der Waals surface area (Å²) in [7, 11) is 0. The summed E-state index contributed by atoms with van der Waals surface area (Å²) in [5.41, 5.74) is 3.54. The highest BCUT2D eigenvalue weighted by molar-refractivity contribution is 6.30. The standard InChI is InChI=1S/C26H22ClNO4/c1-3-17-5-11-20(12-6-17)28-23(29)15-31-26-24(30)21-13-4-16(2)14-22(21)32-25(26)18-7-9-19(27)10-8-18/h4-14H,3,15H2,1-2H3,(H,28,29). The summed E-state index contributed by atoms with van der Waals surface area (Å²) in [6.45, 7) is 3.65. The molecule has 0 atom stereocenters. The van der Waals surface area contributed by atoms with Gasteiger partial charge in [0.05, 0.1) is 5.39 Å². The fraction of sp³-hybridized carbons (Fsp3) is 0.154. The van der Waals surface area contributed by atoms with Gasteiger partial charge in [-0.15, -0.1) is 0 Å². The number of hydrogen-bond acceptors (Lipinski definition) is 4. The van der Waals surface area contributed by atoms with Crippen molar-refractivity contribution in [1.82, 2.24) is 0 Å². The van der Waals surface area contributed by atoms with E-state index in [-0.39, 0.29) is 29.5 Å². The Bertz CT molecular complexity index is 1330. The van der Waals surface area contributed by atoms with Gasteiger partial charge >= 0.3 is 0 Å². The van der Waals surface area contributed by atoms with Gasteiger partial charge in [0.2, 0.25) is 11.2 Å².